The average Bonchev–Trinajstić information content (AvgIpc) is 2.42. The lowest BCUT2D eigenvalue weighted by molar-refractivity contribution is -0.161. The zero-order valence-corrected chi connectivity index (χ0v) is 15.0. The molecule has 7 nitrogen and oxygen atoms in total. The molecule has 0 radical (unpaired) electrons. The quantitative estimate of drug-likeness (QED) is 0.285. The Morgan fingerprint density at radius 3 is 2.39 bits per heavy atom. The van der Waals surface area contributed by atoms with Crippen LogP contribution in [0.3, 0.4) is 0 Å². The molecule has 0 heterocycles. The Labute approximate surface area is 136 Å². The first kappa shape index (κ1) is 21.9. The van der Waals surface area contributed by atoms with Gasteiger partial charge in [-0.2, -0.15) is 0 Å². The van der Waals surface area contributed by atoms with E-state index in [1.54, 1.807) is 20.8 Å². The van der Waals surface area contributed by atoms with E-state index in [1.165, 1.54) is 0 Å². The molecule has 9 heteroatoms. The number of halogens is 1. The Kier molecular flexibility index (Phi) is 9.39. The van der Waals surface area contributed by atoms with Crippen LogP contribution in [0, 0.1) is 5.41 Å². The summed E-state index contributed by atoms with van der Waals surface area (Å²) in [6.07, 6.45) is -1.88. The van der Waals surface area contributed by atoms with Crippen molar-refractivity contribution >= 4 is 19.4 Å². The molecule has 0 fully saturated rings. The first-order valence-electron chi connectivity index (χ1n) is 7.53. The molecule has 0 aliphatic heterocycles. The third kappa shape index (κ3) is 11.1. The molecule has 0 aliphatic rings. The highest BCUT2D eigenvalue weighted by Gasteiger charge is 2.24. The van der Waals surface area contributed by atoms with Gasteiger partial charge in [-0.25, -0.2) is 9.18 Å². The number of hydrogen-bond donors (Lipinski definition) is 2. The number of hydrogen-bond acceptors (Lipinski definition) is 5. The van der Waals surface area contributed by atoms with Crippen molar-refractivity contribution in [3.63, 3.8) is 0 Å². The van der Waals surface area contributed by atoms with E-state index in [4.69, 9.17) is 0 Å². The van der Waals surface area contributed by atoms with Crippen LogP contribution in [0.2, 0.25) is 0 Å². The average molecular weight is 355 g/mol. The standard InChI is InChI=1S/C14H27FNO6P/c1-5-6-8-23(19,20)9-7-11(15)16-13(18)22-10-21-12(17)14(2,3)4/h11H,5-10H2,1-4H3,(H,16,18)(H,19,20). The topological polar surface area (TPSA) is 102 Å². The lowest BCUT2D eigenvalue weighted by Gasteiger charge is -2.17. The Morgan fingerprint density at radius 2 is 1.87 bits per heavy atom. The number of carbonyl (C=O) groups is 2. The molecular weight excluding hydrogens is 328 g/mol. The maximum Gasteiger partial charge on any atom is 0.412 e. The highest BCUT2D eigenvalue weighted by Crippen LogP contribution is 2.42. The minimum absolute atomic E-state index is 0.142. The summed E-state index contributed by atoms with van der Waals surface area (Å²) in [6, 6.07) is 0. The van der Waals surface area contributed by atoms with Gasteiger partial charge in [-0.15, -0.1) is 0 Å². The van der Waals surface area contributed by atoms with Crippen LogP contribution in [-0.4, -0.2) is 42.4 Å². The summed E-state index contributed by atoms with van der Waals surface area (Å²) >= 11 is 0. The SMILES string of the molecule is CCCCP(=O)(O)CCC(F)NC(=O)OCOC(=O)C(C)(C)C. The number of esters is 1. The fourth-order valence-corrected chi connectivity index (χ4v) is 3.09. The molecule has 0 saturated carbocycles. The molecule has 0 rings (SSSR count). The van der Waals surface area contributed by atoms with Gasteiger partial charge in [0.25, 0.3) is 0 Å². The Balaban J connectivity index is 3.98. The number of rotatable bonds is 9. The Hall–Kier alpha value is -1.14. The van der Waals surface area contributed by atoms with Crippen molar-refractivity contribution in [1.29, 1.82) is 0 Å². The second-order valence-electron chi connectivity index (χ2n) is 6.28. The van der Waals surface area contributed by atoms with Crippen LogP contribution in [0.5, 0.6) is 0 Å². The summed E-state index contributed by atoms with van der Waals surface area (Å²) < 4.78 is 34.4. The maximum atomic E-state index is 13.5. The van der Waals surface area contributed by atoms with Gasteiger partial charge in [-0.05, 0) is 27.2 Å². The van der Waals surface area contributed by atoms with Crippen molar-refractivity contribution in [2.45, 2.75) is 53.3 Å². The number of amides is 1. The van der Waals surface area contributed by atoms with Gasteiger partial charge >= 0.3 is 12.1 Å². The zero-order valence-electron chi connectivity index (χ0n) is 14.1. The van der Waals surface area contributed by atoms with E-state index in [9.17, 15) is 23.4 Å². The van der Waals surface area contributed by atoms with Gasteiger partial charge in [0.05, 0.1) is 5.41 Å². The van der Waals surface area contributed by atoms with E-state index in [0.717, 1.165) is 6.42 Å². The van der Waals surface area contributed by atoms with Crippen molar-refractivity contribution in [2.24, 2.45) is 5.41 Å². The van der Waals surface area contributed by atoms with Gasteiger partial charge < -0.3 is 14.4 Å². The van der Waals surface area contributed by atoms with E-state index in [1.807, 2.05) is 12.2 Å². The van der Waals surface area contributed by atoms with Crippen LogP contribution in [0.4, 0.5) is 9.18 Å². The highest BCUT2D eigenvalue weighted by molar-refractivity contribution is 7.57. The van der Waals surface area contributed by atoms with Crippen LogP contribution in [0.25, 0.3) is 0 Å². The van der Waals surface area contributed by atoms with Gasteiger partial charge in [-0.3, -0.25) is 14.7 Å². The predicted molar refractivity (Wildman–Crippen MR) is 84.0 cm³/mol. The molecule has 136 valence electrons. The molecule has 0 spiro atoms. The molecule has 1 amide bonds. The molecule has 2 unspecified atom stereocenters. The van der Waals surface area contributed by atoms with Crippen LogP contribution in [0.15, 0.2) is 0 Å². The van der Waals surface area contributed by atoms with Crippen LogP contribution in [-0.2, 0) is 18.8 Å². The number of ether oxygens (including phenoxy) is 2. The normalized spacial score (nSPS) is 15.4. The fourth-order valence-electron chi connectivity index (χ4n) is 1.43. The summed E-state index contributed by atoms with van der Waals surface area (Å²) in [5, 5.41) is 1.87. The maximum absolute atomic E-state index is 13.5. The third-order valence-electron chi connectivity index (χ3n) is 2.86. The minimum Gasteiger partial charge on any atom is -0.427 e. The monoisotopic (exact) mass is 355 g/mol. The molecule has 0 aromatic carbocycles. The first-order valence-corrected chi connectivity index (χ1v) is 9.56. The van der Waals surface area contributed by atoms with Crippen molar-refractivity contribution in [3.05, 3.63) is 0 Å². The molecule has 2 N–H and O–H groups in total. The molecule has 23 heavy (non-hydrogen) atoms. The molecule has 2 atom stereocenters. The number of unbranched alkanes of at least 4 members (excludes halogenated alkanes) is 1. The summed E-state index contributed by atoms with van der Waals surface area (Å²) in [5.41, 5.74) is -0.733. The number of carbonyl (C=O) groups excluding carboxylic acids is 2. The largest absolute Gasteiger partial charge is 0.427 e. The molecule has 0 aromatic heterocycles. The first-order chi connectivity index (χ1) is 10.5. The van der Waals surface area contributed by atoms with E-state index in [2.05, 4.69) is 9.47 Å². The molecule has 0 saturated heterocycles. The molecule has 0 bridgehead atoms. The van der Waals surface area contributed by atoms with E-state index < -0.39 is 37.9 Å². The summed E-state index contributed by atoms with van der Waals surface area (Å²) in [5.74, 6) is -0.556. The molecule has 0 aliphatic carbocycles. The van der Waals surface area contributed by atoms with Gasteiger partial charge in [0.2, 0.25) is 14.2 Å². The van der Waals surface area contributed by atoms with Crippen molar-refractivity contribution < 1.29 is 32.9 Å². The van der Waals surface area contributed by atoms with Crippen LogP contribution < -0.4 is 5.32 Å². The second kappa shape index (κ2) is 9.88. The molecular formula is C14H27FNO6P. The van der Waals surface area contributed by atoms with Crippen molar-refractivity contribution in [3.8, 4) is 0 Å². The van der Waals surface area contributed by atoms with Crippen LogP contribution >= 0.6 is 7.37 Å². The lowest BCUT2D eigenvalue weighted by Crippen LogP contribution is -2.34. The van der Waals surface area contributed by atoms with Crippen molar-refractivity contribution in [2.75, 3.05) is 19.1 Å². The summed E-state index contributed by atoms with van der Waals surface area (Å²) in [4.78, 5) is 32.3. The summed E-state index contributed by atoms with van der Waals surface area (Å²) in [6.45, 7) is 6.18. The highest BCUT2D eigenvalue weighted by atomic mass is 31.2. The number of nitrogens with one attached hydrogen (secondary N) is 1. The van der Waals surface area contributed by atoms with E-state index in [-0.39, 0.29) is 18.7 Å². The Morgan fingerprint density at radius 1 is 1.26 bits per heavy atom. The zero-order chi connectivity index (χ0) is 18.1. The van der Waals surface area contributed by atoms with E-state index in [0.29, 0.717) is 6.42 Å². The fraction of sp³-hybridized carbons (Fsp3) is 0.857. The van der Waals surface area contributed by atoms with Gasteiger partial charge in [0.1, 0.15) is 0 Å². The second-order valence-corrected chi connectivity index (χ2v) is 8.87. The van der Waals surface area contributed by atoms with Crippen molar-refractivity contribution in [1.82, 2.24) is 5.32 Å². The Bertz CT molecular complexity index is 437. The minimum atomic E-state index is -3.36. The summed E-state index contributed by atoms with van der Waals surface area (Å²) in [7, 11) is -3.36. The van der Waals surface area contributed by atoms with Crippen LogP contribution in [0.1, 0.15) is 47.0 Å². The number of alkyl carbamates (subject to hydrolysis) is 1. The van der Waals surface area contributed by atoms with Gasteiger partial charge in [-0.1, -0.05) is 13.3 Å². The van der Waals surface area contributed by atoms with Gasteiger partial charge in [0, 0.05) is 18.7 Å². The lowest BCUT2D eigenvalue weighted by atomic mass is 9.98. The molecule has 0 aromatic rings. The smallest absolute Gasteiger partial charge is 0.412 e. The van der Waals surface area contributed by atoms with Gasteiger partial charge in [0.15, 0.2) is 6.30 Å². The number of alkyl halides is 1. The van der Waals surface area contributed by atoms with E-state index >= 15 is 0 Å². The third-order valence-corrected chi connectivity index (χ3v) is 4.83. The predicted octanol–water partition coefficient (Wildman–Crippen LogP) is 3.02.